The first-order chi connectivity index (χ1) is 11.4. The zero-order valence-electron chi connectivity index (χ0n) is 12.0. The molecule has 0 bridgehead atoms. The normalized spacial score (nSPS) is 10.8. The minimum atomic E-state index is -1.53. The Hall–Kier alpha value is -3.35. The first kappa shape index (κ1) is 17.0. The van der Waals surface area contributed by atoms with E-state index in [0.717, 1.165) is 6.07 Å². The summed E-state index contributed by atoms with van der Waals surface area (Å²) >= 11 is 5.74. The summed E-state index contributed by atoms with van der Waals surface area (Å²) in [6, 6.07) is 11.8. The molecule has 0 amide bonds. The number of nitrogens with zero attached hydrogens (tertiary/aromatic N) is 4. The van der Waals surface area contributed by atoms with Gasteiger partial charge in [0, 0.05) is 16.7 Å². The van der Waals surface area contributed by atoms with Crippen LogP contribution in [0.2, 0.25) is 5.02 Å². The van der Waals surface area contributed by atoms with Crippen LogP contribution in [0.1, 0.15) is 5.56 Å². The number of carboxylic acids is 1. The fourth-order valence-corrected chi connectivity index (χ4v) is 2.07. The highest BCUT2D eigenvalue weighted by Gasteiger charge is 2.29. The van der Waals surface area contributed by atoms with Crippen LogP contribution in [0, 0.1) is 10.1 Å². The van der Waals surface area contributed by atoms with Gasteiger partial charge < -0.3 is 10.6 Å². The molecule has 0 saturated carbocycles. The summed E-state index contributed by atoms with van der Waals surface area (Å²) < 4.78 is 0. The number of rotatable bonds is 5. The molecular weight excluding hydrogens is 336 g/mol. The van der Waals surface area contributed by atoms with Gasteiger partial charge in [0.05, 0.1) is 4.92 Å². The third-order valence-corrected chi connectivity index (χ3v) is 3.18. The molecule has 0 aromatic heterocycles. The molecular formula is C15H9ClN4O4. The second kappa shape index (κ2) is 7.28. The molecule has 0 aliphatic rings. The third-order valence-electron chi connectivity index (χ3n) is 2.94. The Bertz CT molecular complexity index is 890. The molecule has 24 heavy (non-hydrogen) atoms. The fraction of sp³-hybridized carbons (Fsp3) is 0. The van der Waals surface area contributed by atoms with Crippen LogP contribution < -0.4 is 0 Å². The number of halogens is 1. The summed E-state index contributed by atoms with van der Waals surface area (Å²) in [6.07, 6.45) is 0. The van der Waals surface area contributed by atoms with Crippen LogP contribution in [0.3, 0.4) is 0 Å². The Kier molecular flexibility index (Phi) is 5.16. The Morgan fingerprint density at radius 3 is 2.46 bits per heavy atom. The van der Waals surface area contributed by atoms with E-state index in [1.807, 2.05) is 0 Å². The smallest absolute Gasteiger partial charge is 0.424 e. The lowest BCUT2D eigenvalue weighted by Crippen LogP contribution is -2.25. The van der Waals surface area contributed by atoms with Crippen LogP contribution in [0.15, 0.2) is 53.5 Å². The molecule has 0 atom stereocenters. The highest BCUT2D eigenvalue weighted by Crippen LogP contribution is 2.31. The average Bonchev–Trinajstić information content (AvgIpc) is 2.56. The third kappa shape index (κ3) is 3.70. The molecule has 9 heteroatoms. The zero-order chi connectivity index (χ0) is 17.7. The highest BCUT2D eigenvalue weighted by atomic mass is 35.5. The molecule has 2 aromatic rings. The molecule has 0 heterocycles. The standard InChI is InChI=1S/C15H9ClN4O4/c16-10-6-7-11(12(8-10)20(23)24)18-13(14(19-17)15(21)22)9-4-2-1-3-5-9/h1-8H,(H,21,22). The molecule has 0 spiro atoms. The van der Waals surface area contributed by atoms with Gasteiger partial charge in [0.2, 0.25) is 0 Å². The largest absolute Gasteiger partial charge is 0.472 e. The van der Waals surface area contributed by atoms with E-state index >= 15 is 0 Å². The average molecular weight is 345 g/mol. The number of aliphatic imine (C=N–C) groups is 1. The van der Waals surface area contributed by atoms with E-state index in [2.05, 4.69) is 9.78 Å². The van der Waals surface area contributed by atoms with Crippen molar-refractivity contribution < 1.29 is 19.6 Å². The van der Waals surface area contributed by atoms with Crippen molar-refractivity contribution in [1.29, 1.82) is 0 Å². The van der Waals surface area contributed by atoms with Gasteiger partial charge in [0.15, 0.2) is 5.71 Å². The van der Waals surface area contributed by atoms with Crippen LogP contribution in [0.25, 0.3) is 5.53 Å². The Morgan fingerprint density at radius 1 is 1.25 bits per heavy atom. The van der Waals surface area contributed by atoms with E-state index in [1.54, 1.807) is 18.2 Å². The lowest BCUT2D eigenvalue weighted by atomic mass is 10.1. The summed E-state index contributed by atoms with van der Waals surface area (Å²) in [4.78, 5) is 28.5. The maximum atomic E-state index is 11.3. The Morgan fingerprint density at radius 2 is 1.92 bits per heavy atom. The second-order valence-corrected chi connectivity index (χ2v) is 4.91. The molecule has 2 rings (SSSR count). The van der Waals surface area contributed by atoms with Gasteiger partial charge in [0.1, 0.15) is 5.69 Å². The summed E-state index contributed by atoms with van der Waals surface area (Å²) in [6.45, 7) is 0. The second-order valence-electron chi connectivity index (χ2n) is 4.47. The van der Waals surface area contributed by atoms with Gasteiger partial charge in [-0.25, -0.2) is 9.79 Å². The first-order valence-electron chi connectivity index (χ1n) is 6.48. The molecule has 0 aliphatic heterocycles. The monoisotopic (exact) mass is 344 g/mol. The number of hydrogen-bond acceptors (Lipinski definition) is 4. The van der Waals surface area contributed by atoms with E-state index in [4.69, 9.17) is 17.1 Å². The predicted octanol–water partition coefficient (Wildman–Crippen LogP) is 3.12. The van der Waals surface area contributed by atoms with Crippen molar-refractivity contribution in [3.05, 3.63) is 74.8 Å². The minimum Gasteiger partial charge on any atom is -0.472 e. The maximum Gasteiger partial charge on any atom is 0.424 e. The predicted molar refractivity (Wildman–Crippen MR) is 87.0 cm³/mol. The highest BCUT2D eigenvalue weighted by molar-refractivity contribution is 6.67. The molecule has 0 radical (unpaired) electrons. The van der Waals surface area contributed by atoms with Gasteiger partial charge in [-0.15, -0.1) is 0 Å². The topological polar surface area (TPSA) is 129 Å². The van der Waals surface area contributed by atoms with Crippen LogP contribution in [0.5, 0.6) is 0 Å². The number of nitro groups is 1. The summed E-state index contributed by atoms with van der Waals surface area (Å²) in [7, 11) is 0. The van der Waals surface area contributed by atoms with Gasteiger partial charge in [0.25, 0.3) is 5.69 Å². The summed E-state index contributed by atoms with van der Waals surface area (Å²) in [5.41, 5.74) is 7.82. The SMILES string of the molecule is [N-]=[N+]=C(C(=O)O)C(=Nc1ccc(Cl)cc1[N+](=O)[O-])c1ccccc1. The molecule has 0 fully saturated rings. The van der Waals surface area contributed by atoms with Crippen LogP contribution >= 0.6 is 11.6 Å². The van der Waals surface area contributed by atoms with Crippen LogP contribution in [-0.2, 0) is 4.79 Å². The van der Waals surface area contributed by atoms with E-state index in [1.165, 1.54) is 24.3 Å². The fourth-order valence-electron chi connectivity index (χ4n) is 1.90. The summed E-state index contributed by atoms with van der Waals surface area (Å²) in [5, 5.41) is 20.5. The van der Waals surface area contributed by atoms with Crippen LogP contribution in [0.4, 0.5) is 11.4 Å². The van der Waals surface area contributed by atoms with E-state index < -0.39 is 22.3 Å². The number of carbonyl (C=O) groups is 1. The summed E-state index contributed by atoms with van der Waals surface area (Å²) in [5.74, 6) is -1.53. The molecule has 2 aromatic carbocycles. The molecule has 120 valence electrons. The van der Waals surface area contributed by atoms with Gasteiger partial charge in [-0.2, -0.15) is 4.79 Å². The quantitative estimate of drug-likeness (QED) is 0.293. The van der Waals surface area contributed by atoms with E-state index in [9.17, 15) is 20.0 Å². The Balaban J connectivity index is 2.73. The minimum absolute atomic E-state index is 0.120. The van der Waals surface area contributed by atoms with Crippen molar-refractivity contribution in [3.8, 4) is 0 Å². The van der Waals surface area contributed by atoms with Crippen molar-refractivity contribution in [2.24, 2.45) is 4.99 Å². The lowest BCUT2D eigenvalue weighted by molar-refractivity contribution is -0.384. The number of nitro benzene ring substituents is 1. The molecule has 0 saturated heterocycles. The molecule has 1 N–H and O–H groups in total. The molecule has 0 aliphatic carbocycles. The van der Waals surface area contributed by atoms with Gasteiger partial charge in [-0.3, -0.25) is 10.1 Å². The van der Waals surface area contributed by atoms with Crippen molar-refractivity contribution in [2.45, 2.75) is 0 Å². The number of carboxylic acid groups (broad SMARTS) is 1. The van der Waals surface area contributed by atoms with E-state index in [-0.39, 0.29) is 16.4 Å². The van der Waals surface area contributed by atoms with Gasteiger partial charge >= 0.3 is 11.7 Å². The first-order valence-corrected chi connectivity index (χ1v) is 6.85. The number of hydrogen-bond donors (Lipinski definition) is 1. The molecule has 0 unspecified atom stereocenters. The van der Waals surface area contributed by atoms with Gasteiger partial charge in [-0.05, 0) is 12.1 Å². The lowest BCUT2D eigenvalue weighted by Gasteiger charge is -2.02. The molecule has 8 nitrogen and oxygen atoms in total. The van der Waals surface area contributed by atoms with Gasteiger partial charge in [-0.1, -0.05) is 41.9 Å². The van der Waals surface area contributed by atoms with Crippen molar-refractivity contribution in [3.63, 3.8) is 0 Å². The maximum absolute atomic E-state index is 11.3. The van der Waals surface area contributed by atoms with Crippen molar-refractivity contribution in [2.75, 3.05) is 0 Å². The van der Waals surface area contributed by atoms with Crippen LogP contribution in [-0.4, -0.2) is 32.2 Å². The number of benzene rings is 2. The van der Waals surface area contributed by atoms with Crippen molar-refractivity contribution >= 4 is 40.4 Å². The number of aliphatic carboxylic acids is 1. The zero-order valence-corrected chi connectivity index (χ0v) is 12.7. The Labute approximate surface area is 140 Å². The van der Waals surface area contributed by atoms with E-state index in [0.29, 0.717) is 5.56 Å². The van der Waals surface area contributed by atoms with Crippen molar-refractivity contribution in [1.82, 2.24) is 0 Å².